The minimum Gasteiger partial charge on any atom is -0.357 e. The third-order valence-electron chi connectivity index (χ3n) is 4.13. The van der Waals surface area contributed by atoms with E-state index in [9.17, 15) is 4.79 Å². The quantitative estimate of drug-likeness (QED) is 0.841. The first-order valence-corrected chi connectivity index (χ1v) is 8.03. The van der Waals surface area contributed by atoms with E-state index in [-0.39, 0.29) is 5.91 Å². The summed E-state index contributed by atoms with van der Waals surface area (Å²) in [6, 6.07) is 3.94. The number of rotatable bonds is 6. The summed E-state index contributed by atoms with van der Waals surface area (Å²) in [6.45, 7) is 3.51. The minimum absolute atomic E-state index is 0.00294. The number of hydrogen-bond donors (Lipinski definition) is 2. The Morgan fingerprint density at radius 3 is 2.71 bits per heavy atom. The molecule has 1 amide bonds. The van der Waals surface area contributed by atoms with Gasteiger partial charge in [0.1, 0.15) is 5.82 Å². The number of pyridine rings is 1. The Morgan fingerprint density at radius 1 is 1.24 bits per heavy atom. The van der Waals surface area contributed by atoms with Crippen molar-refractivity contribution in [1.29, 1.82) is 0 Å². The third kappa shape index (κ3) is 4.43. The third-order valence-corrected chi connectivity index (χ3v) is 4.13. The van der Waals surface area contributed by atoms with Crippen molar-refractivity contribution in [2.45, 2.75) is 32.1 Å². The molecule has 1 aromatic heterocycles. The number of amides is 1. The number of nitrogens with zero attached hydrogens (tertiary/aromatic N) is 2. The maximum Gasteiger partial charge on any atom is 0.238 e. The SMILES string of the molecule is O=C(CNCC1CC1)Nc1ccc(N2CCCCC2)nc1. The van der Waals surface area contributed by atoms with Gasteiger partial charge in [-0.25, -0.2) is 4.98 Å². The first kappa shape index (κ1) is 14.3. The highest BCUT2D eigenvalue weighted by Gasteiger charge is 2.20. The Hall–Kier alpha value is -1.62. The van der Waals surface area contributed by atoms with Crippen LogP contribution in [0.2, 0.25) is 0 Å². The lowest BCUT2D eigenvalue weighted by molar-refractivity contribution is -0.115. The zero-order valence-corrected chi connectivity index (χ0v) is 12.5. The van der Waals surface area contributed by atoms with Crippen molar-refractivity contribution in [3.63, 3.8) is 0 Å². The maximum atomic E-state index is 11.8. The first-order valence-electron chi connectivity index (χ1n) is 8.03. The number of nitrogens with one attached hydrogen (secondary N) is 2. The van der Waals surface area contributed by atoms with E-state index in [2.05, 4.69) is 20.5 Å². The summed E-state index contributed by atoms with van der Waals surface area (Å²) in [5, 5.41) is 6.07. The Morgan fingerprint density at radius 2 is 2.05 bits per heavy atom. The fraction of sp³-hybridized carbons (Fsp3) is 0.625. The Balaban J connectivity index is 1.45. The van der Waals surface area contributed by atoms with E-state index >= 15 is 0 Å². The number of hydrogen-bond acceptors (Lipinski definition) is 4. The Labute approximate surface area is 126 Å². The van der Waals surface area contributed by atoms with Crippen LogP contribution in [0.4, 0.5) is 11.5 Å². The van der Waals surface area contributed by atoms with Crippen molar-refractivity contribution < 1.29 is 4.79 Å². The van der Waals surface area contributed by atoms with Gasteiger partial charge in [0.05, 0.1) is 18.4 Å². The van der Waals surface area contributed by atoms with Gasteiger partial charge in [0.15, 0.2) is 0 Å². The first-order chi connectivity index (χ1) is 10.3. The van der Waals surface area contributed by atoms with Crippen LogP contribution >= 0.6 is 0 Å². The normalized spacial score (nSPS) is 18.6. The van der Waals surface area contributed by atoms with Crippen LogP contribution in [0.5, 0.6) is 0 Å². The summed E-state index contributed by atoms with van der Waals surface area (Å²) in [5.41, 5.74) is 0.772. The second-order valence-corrected chi connectivity index (χ2v) is 6.08. The van der Waals surface area contributed by atoms with Crippen LogP contribution in [0.15, 0.2) is 18.3 Å². The monoisotopic (exact) mass is 288 g/mol. The average molecular weight is 288 g/mol. The molecule has 2 heterocycles. The van der Waals surface area contributed by atoms with Crippen molar-refractivity contribution in [3.8, 4) is 0 Å². The van der Waals surface area contributed by atoms with Gasteiger partial charge in [0, 0.05) is 13.1 Å². The molecule has 2 N–H and O–H groups in total. The lowest BCUT2D eigenvalue weighted by Crippen LogP contribution is -2.30. The molecular formula is C16H24N4O. The molecule has 1 aliphatic heterocycles. The predicted molar refractivity (Wildman–Crippen MR) is 84.5 cm³/mol. The van der Waals surface area contributed by atoms with Crippen LogP contribution in [0.3, 0.4) is 0 Å². The van der Waals surface area contributed by atoms with Crippen molar-refractivity contribution in [1.82, 2.24) is 10.3 Å². The van der Waals surface area contributed by atoms with Gasteiger partial charge in [0.25, 0.3) is 0 Å². The molecule has 21 heavy (non-hydrogen) atoms. The van der Waals surface area contributed by atoms with Gasteiger partial charge in [-0.3, -0.25) is 4.79 Å². The highest BCUT2D eigenvalue weighted by molar-refractivity contribution is 5.92. The topological polar surface area (TPSA) is 57.3 Å². The number of piperidine rings is 1. The van der Waals surface area contributed by atoms with E-state index < -0.39 is 0 Å². The summed E-state index contributed by atoms with van der Waals surface area (Å²) in [4.78, 5) is 18.6. The maximum absolute atomic E-state index is 11.8. The second kappa shape index (κ2) is 6.89. The van der Waals surface area contributed by atoms with Crippen LogP contribution in [0.1, 0.15) is 32.1 Å². The van der Waals surface area contributed by atoms with E-state index in [0.717, 1.165) is 37.1 Å². The van der Waals surface area contributed by atoms with E-state index in [1.807, 2.05) is 12.1 Å². The largest absolute Gasteiger partial charge is 0.357 e. The summed E-state index contributed by atoms with van der Waals surface area (Å²) >= 11 is 0. The van der Waals surface area contributed by atoms with E-state index in [1.54, 1.807) is 6.20 Å². The Bertz CT molecular complexity index is 464. The molecule has 114 valence electrons. The van der Waals surface area contributed by atoms with Crippen LogP contribution in [-0.2, 0) is 4.79 Å². The predicted octanol–water partition coefficient (Wildman–Crippen LogP) is 2.01. The molecule has 1 saturated heterocycles. The van der Waals surface area contributed by atoms with Crippen molar-refractivity contribution >= 4 is 17.4 Å². The highest BCUT2D eigenvalue weighted by Crippen LogP contribution is 2.27. The summed E-state index contributed by atoms with van der Waals surface area (Å²) in [5.74, 6) is 1.81. The van der Waals surface area contributed by atoms with E-state index in [0.29, 0.717) is 6.54 Å². The molecule has 0 aromatic carbocycles. The summed E-state index contributed by atoms with van der Waals surface area (Å²) < 4.78 is 0. The standard InChI is InChI=1S/C16H24N4O/c21-16(12-17-10-13-4-5-13)19-14-6-7-15(18-11-14)20-8-2-1-3-9-20/h6-7,11,13,17H,1-5,8-10,12H2,(H,19,21). The molecule has 0 bridgehead atoms. The van der Waals surface area contributed by atoms with Gasteiger partial charge in [-0.1, -0.05) is 0 Å². The van der Waals surface area contributed by atoms with Crippen molar-refractivity contribution in [2.24, 2.45) is 5.92 Å². The molecule has 0 atom stereocenters. The van der Waals surface area contributed by atoms with Gasteiger partial charge in [0.2, 0.25) is 5.91 Å². The minimum atomic E-state index is 0.00294. The van der Waals surface area contributed by atoms with Gasteiger partial charge in [-0.2, -0.15) is 0 Å². The van der Waals surface area contributed by atoms with Crippen molar-refractivity contribution in [2.75, 3.05) is 36.4 Å². The smallest absolute Gasteiger partial charge is 0.238 e. The van der Waals surface area contributed by atoms with Gasteiger partial charge in [-0.15, -0.1) is 0 Å². The summed E-state index contributed by atoms with van der Waals surface area (Å²) in [7, 11) is 0. The fourth-order valence-electron chi connectivity index (χ4n) is 2.69. The van der Waals surface area contributed by atoms with Gasteiger partial charge >= 0.3 is 0 Å². The number of carbonyl (C=O) groups excluding carboxylic acids is 1. The van der Waals surface area contributed by atoms with E-state index in [4.69, 9.17) is 0 Å². The zero-order valence-electron chi connectivity index (χ0n) is 12.5. The second-order valence-electron chi connectivity index (χ2n) is 6.08. The van der Waals surface area contributed by atoms with Crippen LogP contribution in [0, 0.1) is 5.92 Å². The molecule has 1 aromatic rings. The average Bonchev–Trinajstić information content (AvgIpc) is 3.33. The molecule has 2 aliphatic rings. The fourth-order valence-corrected chi connectivity index (χ4v) is 2.69. The molecule has 2 fully saturated rings. The highest BCUT2D eigenvalue weighted by atomic mass is 16.1. The molecular weight excluding hydrogens is 264 g/mol. The molecule has 0 unspecified atom stereocenters. The molecule has 0 spiro atoms. The van der Waals surface area contributed by atoms with Crippen LogP contribution < -0.4 is 15.5 Å². The molecule has 3 rings (SSSR count). The number of aromatic nitrogens is 1. The molecule has 0 radical (unpaired) electrons. The lowest BCUT2D eigenvalue weighted by Gasteiger charge is -2.27. The molecule has 1 aliphatic carbocycles. The Kier molecular flexibility index (Phi) is 4.70. The van der Waals surface area contributed by atoms with Crippen LogP contribution in [-0.4, -0.2) is 37.1 Å². The molecule has 1 saturated carbocycles. The number of anilines is 2. The van der Waals surface area contributed by atoms with Crippen molar-refractivity contribution in [3.05, 3.63) is 18.3 Å². The van der Waals surface area contributed by atoms with Crippen LogP contribution in [0.25, 0.3) is 0 Å². The molecule has 5 heteroatoms. The number of carbonyl (C=O) groups is 1. The van der Waals surface area contributed by atoms with Gasteiger partial charge < -0.3 is 15.5 Å². The molecule has 5 nitrogen and oxygen atoms in total. The van der Waals surface area contributed by atoms with E-state index in [1.165, 1.54) is 32.1 Å². The van der Waals surface area contributed by atoms with Gasteiger partial charge in [-0.05, 0) is 56.7 Å². The lowest BCUT2D eigenvalue weighted by atomic mass is 10.1. The zero-order chi connectivity index (χ0) is 14.5. The summed E-state index contributed by atoms with van der Waals surface area (Å²) in [6.07, 6.45) is 8.16.